The first-order chi connectivity index (χ1) is 11.7. The molecule has 1 aliphatic carbocycles. The molecule has 3 aliphatic rings. The highest BCUT2D eigenvalue weighted by atomic mass is 16.5. The van der Waals surface area contributed by atoms with Crippen molar-refractivity contribution < 1.29 is 14.3 Å². The summed E-state index contributed by atoms with van der Waals surface area (Å²) < 4.78 is 5.54. The van der Waals surface area contributed by atoms with E-state index in [1.807, 2.05) is 9.80 Å². The zero-order chi connectivity index (χ0) is 16.8. The number of carbonyl (C=O) groups excluding carboxylic acids is 2. The fraction of sp³-hybridized carbons (Fsp3) is 0.889. The fourth-order valence-corrected chi connectivity index (χ4v) is 4.07. The highest BCUT2D eigenvalue weighted by molar-refractivity contribution is 5.82. The molecule has 24 heavy (non-hydrogen) atoms. The molecule has 2 saturated heterocycles. The van der Waals surface area contributed by atoms with Gasteiger partial charge in [0.1, 0.15) is 6.10 Å². The van der Waals surface area contributed by atoms with Crippen molar-refractivity contribution in [1.29, 1.82) is 0 Å². The molecule has 1 atom stereocenters. The molecule has 0 spiro atoms. The Kier molecular flexibility index (Phi) is 6.49. The normalized spacial score (nSPS) is 26.4. The third-order valence-electron chi connectivity index (χ3n) is 5.64. The van der Waals surface area contributed by atoms with E-state index < -0.39 is 0 Å². The van der Waals surface area contributed by atoms with Gasteiger partial charge in [-0.25, -0.2) is 0 Å². The Bertz CT molecular complexity index is 423. The van der Waals surface area contributed by atoms with Gasteiger partial charge < -0.3 is 19.9 Å². The number of hydrogen-bond donors (Lipinski definition) is 1. The molecule has 0 aromatic heterocycles. The molecule has 0 radical (unpaired) electrons. The first kappa shape index (κ1) is 17.7. The lowest BCUT2D eigenvalue weighted by Gasteiger charge is -2.37. The van der Waals surface area contributed by atoms with Crippen LogP contribution in [0, 0.1) is 5.92 Å². The van der Waals surface area contributed by atoms with Crippen molar-refractivity contribution in [2.75, 3.05) is 45.9 Å². The largest absolute Gasteiger partial charge is 0.366 e. The summed E-state index contributed by atoms with van der Waals surface area (Å²) in [6.45, 7) is 4.59. The molecule has 136 valence electrons. The quantitative estimate of drug-likeness (QED) is 0.832. The van der Waals surface area contributed by atoms with Gasteiger partial charge in [0.05, 0.1) is 6.61 Å². The SMILES string of the molecule is O=C(CCC1CCCCC1)N1CCN(C(=O)C2CNCCO2)CC1. The molecule has 1 N–H and O–H groups in total. The zero-order valence-electron chi connectivity index (χ0n) is 14.7. The number of carbonyl (C=O) groups is 2. The molecule has 1 unspecified atom stereocenters. The zero-order valence-corrected chi connectivity index (χ0v) is 14.7. The number of hydrogen-bond acceptors (Lipinski definition) is 4. The lowest BCUT2D eigenvalue weighted by Crippen LogP contribution is -2.56. The minimum absolute atomic E-state index is 0.0662. The van der Waals surface area contributed by atoms with Gasteiger partial charge in [-0.15, -0.1) is 0 Å². The lowest BCUT2D eigenvalue weighted by atomic mass is 9.86. The fourth-order valence-electron chi connectivity index (χ4n) is 4.07. The maximum Gasteiger partial charge on any atom is 0.253 e. The summed E-state index contributed by atoms with van der Waals surface area (Å²) in [6, 6.07) is 0. The van der Waals surface area contributed by atoms with Crippen LogP contribution >= 0.6 is 0 Å². The van der Waals surface area contributed by atoms with Crippen LogP contribution < -0.4 is 5.32 Å². The topological polar surface area (TPSA) is 61.9 Å². The van der Waals surface area contributed by atoms with Crippen molar-refractivity contribution in [3.63, 3.8) is 0 Å². The van der Waals surface area contributed by atoms with E-state index in [0.717, 1.165) is 18.9 Å². The molecule has 1 saturated carbocycles. The van der Waals surface area contributed by atoms with Crippen molar-refractivity contribution in [1.82, 2.24) is 15.1 Å². The monoisotopic (exact) mass is 337 g/mol. The maximum absolute atomic E-state index is 12.4. The summed E-state index contributed by atoms with van der Waals surface area (Å²) >= 11 is 0. The highest BCUT2D eigenvalue weighted by Crippen LogP contribution is 2.27. The molecule has 0 aromatic rings. The molecular formula is C18H31N3O3. The van der Waals surface area contributed by atoms with Crippen LogP contribution in [-0.4, -0.2) is 73.6 Å². The van der Waals surface area contributed by atoms with E-state index in [9.17, 15) is 9.59 Å². The number of rotatable bonds is 4. The second kappa shape index (κ2) is 8.81. The summed E-state index contributed by atoms with van der Waals surface area (Å²) in [6.07, 6.45) is 7.98. The Morgan fingerprint density at radius 1 is 1.00 bits per heavy atom. The third kappa shape index (κ3) is 4.70. The van der Waals surface area contributed by atoms with Gasteiger partial charge in [-0.2, -0.15) is 0 Å². The molecule has 2 heterocycles. The van der Waals surface area contributed by atoms with Gasteiger partial charge in [-0.1, -0.05) is 32.1 Å². The second-order valence-electron chi connectivity index (χ2n) is 7.31. The molecule has 6 nitrogen and oxygen atoms in total. The van der Waals surface area contributed by atoms with Gasteiger partial charge in [0.2, 0.25) is 5.91 Å². The van der Waals surface area contributed by atoms with Gasteiger partial charge >= 0.3 is 0 Å². The van der Waals surface area contributed by atoms with Crippen molar-refractivity contribution in [3.05, 3.63) is 0 Å². The molecule has 3 rings (SSSR count). The van der Waals surface area contributed by atoms with Crippen LogP contribution in [-0.2, 0) is 14.3 Å². The van der Waals surface area contributed by atoms with Crippen LogP contribution in [0.2, 0.25) is 0 Å². The molecule has 0 aromatic carbocycles. The van der Waals surface area contributed by atoms with Crippen LogP contribution in [0.1, 0.15) is 44.9 Å². The predicted molar refractivity (Wildman–Crippen MR) is 91.6 cm³/mol. The summed E-state index contributed by atoms with van der Waals surface area (Å²) in [5, 5.41) is 3.19. The number of nitrogens with zero attached hydrogens (tertiary/aromatic N) is 2. The van der Waals surface area contributed by atoms with Crippen molar-refractivity contribution in [2.45, 2.75) is 51.0 Å². The van der Waals surface area contributed by atoms with Crippen LogP contribution in [0.25, 0.3) is 0 Å². The summed E-state index contributed by atoms with van der Waals surface area (Å²) in [4.78, 5) is 28.6. The van der Waals surface area contributed by atoms with Crippen LogP contribution in [0.5, 0.6) is 0 Å². The van der Waals surface area contributed by atoms with E-state index in [-0.39, 0.29) is 17.9 Å². The number of morpholine rings is 1. The first-order valence-corrected chi connectivity index (χ1v) is 9.63. The Labute approximate surface area is 144 Å². The van der Waals surface area contributed by atoms with E-state index in [4.69, 9.17) is 4.74 Å². The number of ether oxygens (including phenoxy) is 1. The maximum atomic E-state index is 12.4. The number of piperazine rings is 1. The number of nitrogens with one attached hydrogen (secondary N) is 1. The smallest absolute Gasteiger partial charge is 0.253 e. The molecule has 2 aliphatic heterocycles. The van der Waals surface area contributed by atoms with Crippen LogP contribution in [0.3, 0.4) is 0 Å². The average molecular weight is 337 g/mol. The molecule has 0 bridgehead atoms. The Hall–Kier alpha value is -1.14. The Morgan fingerprint density at radius 3 is 2.38 bits per heavy atom. The minimum Gasteiger partial charge on any atom is -0.366 e. The predicted octanol–water partition coefficient (Wildman–Crippen LogP) is 1.01. The second-order valence-corrected chi connectivity index (χ2v) is 7.31. The van der Waals surface area contributed by atoms with Gasteiger partial charge in [0, 0.05) is 45.7 Å². The van der Waals surface area contributed by atoms with Gasteiger partial charge in [0.25, 0.3) is 5.91 Å². The van der Waals surface area contributed by atoms with E-state index in [1.54, 1.807) is 0 Å². The van der Waals surface area contributed by atoms with Crippen molar-refractivity contribution >= 4 is 11.8 Å². The van der Waals surface area contributed by atoms with Gasteiger partial charge in [0.15, 0.2) is 0 Å². The average Bonchev–Trinajstić information content (AvgIpc) is 2.67. The molecule has 2 amide bonds. The third-order valence-corrected chi connectivity index (χ3v) is 5.64. The Morgan fingerprint density at radius 2 is 1.71 bits per heavy atom. The summed E-state index contributed by atoms with van der Waals surface area (Å²) in [5.41, 5.74) is 0. The van der Waals surface area contributed by atoms with Crippen LogP contribution in [0.15, 0.2) is 0 Å². The molecule has 6 heteroatoms. The lowest BCUT2D eigenvalue weighted by molar-refractivity contribution is -0.149. The number of amides is 2. The minimum atomic E-state index is -0.354. The van der Waals surface area contributed by atoms with E-state index in [0.29, 0.717) is 45.8 Å². The standard InChI is InChI=1S/C18H31N3O3/c22-17(7-6-15-4-2-1-3-5-15)20-9-11-21(12-10-20)18(23)16-14-19-8-13-24-16/h15-16,19H,1-14H2. The van der Waals surface area contributed by atoms with E-state index >= 15 is 0 Å². The molecule has 3 fully saturated rings. The molecular weight excluding hydrogens is 306 g/mol. The van der Waals surface area contributed by atoms with Crippen LogP contribution in [0.4, 0.5) is 0 Å². The summed E-state index contributed by atoms with van der Waals surface area (Å²) in [7, 11) is 0. The first-order valence-electron chi connectivity index (χ1n) is 9.63. The van der Waals surface area contributed by atoms with Crippen molar-refractivity contribution in [3.8, 4) is 0 Å². The van der Waals surface area contributed by atoms with Gasteiger partial charge in [-0.05, 0) is 12.3 Å². The Balaban J connectivity index is 1.37. The summed E-state index contributed by atoms with van der Waals surface area (Å²) in [5.74, 6) is 1.08. The van der Waals surface area contributed by atoms with E-state index in [2.05, 4.69) is 5.32 Å². The van der Waals surface area contributed by atoms with Gasteiger partial charge in [-0.3, -0.25) is 9.59 Å². The van der Waals surface area contributed by atoms with E-state index in [1.165, 1.54) is 32.1 Å². The highest BCUT2D eigenvalue weighted by Gasteiger charge is 2.30. The van der Waals surface area contributed by atoms with Crippen molar-refractivity contribution in [2.24, 2.45) is 5.92 Å².